The first kappa shape index (κ1) is 43.9. The predicted octanol–water partition coefficient (Wildman–Crippen LogP) is 17.6. The standard InChI is InChI=1S/2C22H13ClN2.C18H11ClN2/c23-22-24-20(17-10-9-14-5-1-2-7-16(14)13-17)19-12-11-15-6-3-4-8-18(15)21(19)25-22;23-22-24-20(14-8-2-1-3-9-14)19-17-12-6-4-10-15(17)16-11-5-7-13-18(16)21(19)25-22;19-18-20-16(13-7-2-1-3-8-13)15-11-10-12-6-4-5-9-14(12)17(15)21-18/h2*1-13H;1-11H. The van der Waals surface area contributed by atoms with E-state index in [-0.39, 0.29) is 15.9 Å². The maximum Gasteiger partial charge on any atom is 0.223 e. The molecule has 14 aromatic rings. The van der Waals surface area contributed by atoms with Crippen molar-refractivity contribution in [2.75, 3.05) is 0 Å². The van der Waals surface area contributed by atoms with Crippen LogP contribution >= 0.6 is 34.8 Å². The molecule has 6 nitrogen and oxygen atoms in total. The second kappa shape index (κ2) is 18.8. The average Bonchev–Trinajstić information content (AvgIpc) is 3.43. The molecule has 11 aromatic carbocycles. The van der Waals surface area contributed by atoms with Crippen molar-refractivity contribution in [3.63, 3.8) is 0 Å². The molecule has 0 N–H and O–H groups in total. The molecule has 0 aliphatic carbocycles. The van der Waals surface area contributed by atoms with Crippen molar-refractivity contribution in [2.24, 2.45) is 0 Å². The third kappa shape index (κ3) is 8.38. The Labute approximate surface area is 422 Å². The number of rotatable bonds is 3. The number of halogens is 3. The summed E-state index contributed by atoms with van der Waals surface area (Å²) < 4.78 is 0. The highest BCUT2D eigenvalue weighted by Gasteiger charge is 2.17. The first-order valence-corrected chi connectivity index (χ1v) is 24.2. The minimum atomic E-state index is 0.270. The minimum Gasteiger partial charge on any atom is -0.217 e. The van der Waals surface area contributed by atoms with E-state index in [0.717, 1.165) is 98.8 Å². The smallest absolute Gasteiger partial charge is 0.217 e. The number of hydrogen-bond acceptors (Lipinski definition) is 6. The molecule has 3 aromatic heterocycles. The van der Waals surface area contributed by atoms with E-state index in [1.807, 2.05) is 91.0 Å². The molecule has 14 rings (SSSR count). The van der Waals surface area contributed by atoms with Crippen molar-refractivity contribution in [1.82, 2.24) is 29.9 Å². The van der Waals surface area contributed by atoms with E-state index < -0.39 is 0 Å². The lowest BCUT2D eigenvalue weighted by Gasteiger charge is -2.13. The molecule has 0 bridgehead atoms. The topological polar surface area (TPSA) is 77.3 Å². The highest BCUT2D eigenvalue weighted by atomic mass is 35.5. The normalized spacial score (nSPS) is 11.3. The van der Waals surface area contributed by atoms with E-state index in [4.69, 9.17) is 34.8 Å². The molecule has 3 heterocycles. The minimum absolute atomic E-state index is 0.270. The van der Waals surface area contributed by atoms with Crippen LogP contribution < -0.4 is 0 Å². The molecule has 0 aliphatic rings. The van der Waals surface area contributed by atoms with Crippen molar-refractivity contribution in [3.8, 4) is 33.8 Å². The van der Waals surface area contributed by atoms with Crippen molar-refractivity contribution in [1.29, 1.82) is 0 Å². The van der Waals surface area contributed by atoms with Crippen LogP contribution in [0.2, 0.25) is 15.9 Å². The van der Waals surface area contributed by atoms with Crippen LogP contribution in [-0.4, -0.2) is 29.9 Å². The SMILES string of the molecule is Clc1nc(-c2ccc3ccccc3c2)c2ccc3ccccc3c2n1.Clc1nc(-c2ccccc2)c2c3ccccc3c3ccccc3c2n1.Clc1nc(-c2ccccc2)c2ccc3ccccc3c2n1. The Morgan fingerprint density at radius 3 is 1.17 bits per heavy atom. The van der Waals surface area contributed by atoms with Crippen LogP contribution in [0.15, 0.2) is 224 Å². The second-order valence-electron chi connectivity index (χ2n) is 17.0. The summed E-state index contributed by atoms with van der Waals surface area (Å²) in [6.45, 7) is 0. The average molecular weight is 972 g/mol. The van der Waals surface area contributed by atoms with Crippen molar-refractivity contribution < 1.29 is 0 Å². The lowest BCUT2D eigenvalue weighted by atomic mass is 9.94. The molecular formula is C62H37Cl3N6. The Morgan fingerprint density at radius 2 is 0.606 bits per heavy atom. The van der Waals surface area contributed by atoms with Crippen molar-refractivity contribution in [3.05, 3.63) is 240 Å². The van der Waals surface area contributed by atoms with Crippen molar-refractivity contribution >= 4 is 121 Å². The van der Waals surface area contributed by atoms with Gasteiger partial charge < -0.3 is 0 Å². The van der Waals surface area contributed by atoms with E-state index in [9.17, 15) is 0 Å². The Morgan fingerprint density at radius 1 is 0.225 bits per heavy atom. The predicted molar refractivity (Wildman–Crippen MR) is 297 cm³/mol. The van der Waals surface area contributed by atoms with Crippen LogP contribution in [0.4, 0.5) is 0 Å². The summed E-state index contributed by atoms with van der Waals surface area (Å²) in [5.74, 6) is 0. The van der Waals surface area contributed by atoms with Crippen molar-refractivity contribution in [2.45, 2.75) is 0 Å². The summed E-state index contributed by atoms with van der Waals surface area (Å²) >= 11 is 18.7. The van der Waals surface area contributed by atoms with E-state index in [2.05, 4.69) is 163 Å². The van der Waals surface area contributed by atoms with E-state index in [0.29, 0.717) is 0 Å². The third-order valence-electron chi connectivity index (χ3n) is 12.8. The molecule has 0 amide bonds. The largest absolute Gasteiger partial charge is 0.223 e. The van der Waals surface area contributed by atoms with Gasteiger partial charge in [0.25, 0.3) is 0 Å². The van der Waals surface area contributed by atoms with Gasteiger partial charge in [-0.15, -0.1) is 0 Å². The van der Waals surface area contributed by atoms with Gasteiger partial charge in [0.2, 0.25) is 15.9 Å². The molecule has 9 heteroatoms. The molecule has 0 saturated carbocycles. The molecule has 0 spiro atoms. The van der Waals surface area contributed by atoms with E-state index in [1.165, 1.54) is 21.5 Å². The van der Waals surface area contributed by atoms with Crippen LogP contribution in [0.5, 0.6) is 0 Å². The first-order chi connectivity index (χ1) is 34.9. The second-order valence-corrected chi connectivity index (χ2v) is 18.0. The van der Waals surface area contributed by atoms with Crippen LogP contribution in [0.3, 0.4) is 0 Å². The van der Waals surface area contributed by atoms with Crippen LogP contribution in [0.1, 0.15) is 0 Å². The summed E-state index contributed by atoms with van der Waals surface area (Å²) in [5.41, 5.74) is 8.42. The maximum absolute atomic E-state index is 6.30. The van der Waals surface area contributed by atoms with Gasteiger partial charge in [0.1, 0.15) is 0 Å². The van der Waals surface area contributed by atoms with Gasteiger partial charge in [-0.1, -0.05) is 206 Å². The molecule has 0 saturated heterocycles. The molecule has 0 aliphatic heterocycles. The van der Waals surface area contributed by atoms with E-state index >= 15 is 0 Å². The molecule has 0 fully saturated rings. The lowest BCUT2D eigenvalue weighted by molar-refractivity contribution is 1.23. The number of fused-ring (bicyclic) bond motifs is 13. The first-order valence-electron chi connectivity index (χ1n) is 23.0. The Bertz CT molecular complexity index is 4340. The molecule has 336 valence electrons. The number of hydrogen-bond donors (Lipinski definition) is 0. The molecule has 71 heavy (non-hydrogen) atoms. The third-order valence-corrected chi connectivity index (χ3v) is 13.3. The zero-order valence-corrected chi connectivity index (χ0v) is 39.9. The molecule has 0 atom stereocenters. The Hall–Kier alpha value is -8.39. The van der Waals surface area contributed by atoms with Crippen LogP contribution in [-0.2, 0) is 0 Å². The number of benzene rings is 11. The lowest BCUT2D eigenvalue weighted by Crippen LogP contribution is -1.94. The Kier molecular flexibility index (Phi) is 11.6. The number of nitrogens with zero attached hydrogens (tertiary/aromatic N) is 6. The maximum atomic E-state index is 6.30. The summed E-state index contributed by atoms with van der Waals surface area (Å²) in [4.78, 5) is 27.1. The fraction of sp³-hybridized carbons (Fsp3) is 0. The highest BCUT2D eigenvalue weighted by molar-refractivity contribution is 6.32. The monoisotopic (exact) mass is 970 g/mol. The number of aromatic nitrogens is 6. The molecule has 0 unspecified atom stereocenters. The summed E-state index contributed by atoms with van der Waals surface area (Å²) in [6, 6.07) is 76.4. The Balaban J connectivity index is 0.000000110. The van der Waals surface area contributed by atoms with Gasteiger partial charge in [0.15, 0.2) is 0 Å². The van der Waals surface area contributed by atoms with E-state index in [1.54, 1.807) is 0 Å². The molecule has 0 radical (unpaired) electrons. The van der Waals surface area contributed by atoms with Gasteiger partial charge in [-0.3, -0.25) is 0 Å². The zero-order chi connectivity index (χ0) is 47.8. The van der Waals surface area contributed by atoms with Crippen LogP contribution in [0, 0.1) is 0 Å². The van der Waals surface area contributed by atoms with Gasteiger partial charge in [-0.05, 0) is 90.7 Å². The summed E-state index contributed by atoms with van der Waals surface area (Å²) in [6.07, 6.45) is 0. The van der Waals surface area contributed by atoms with Gasteiger partial charge in [-0.25, -0.2) is 29.9 Å². The quantitative estimate of drug-likeness (QED) is 0.130. The van der Waals surface area contributed by atoms with Gasteiger partial charge in [0.05, 0.1) is 33.6 Å². The fourth-order valence-electron chi connectivity index (χ4n) is 9.59. The summed E-state index contributed by atoms with van der Waals surface area (Å²) in [5, 5.41) is 15.4. The zero-order valence-electron chi connectivity index (χ0n) is 37.7. The fourth-order valence-corrected chi connectivity index (χ4v) is 10.1. The summed E-state index contributed by atoms with van der Waals surface area (Å²) in [7, 11) is 0. The highest BCUT2D eigenvalue weighted by Crippen LogP contribution is 2.40. The van der Waals surface area contributed by atoms with Gasteiger partial charge >= 0.3 is 0 Å². The van der Waals surface area contributed by atoms with Gasteiger partial charge in [-0.2, -0.15) is 0 Å². The molecular weight excluding hydrogens is 935 g/mol. The van der Waals surface area contributed by atoms with Crippen LogP contribution in [0.25, 0.3) is 120 Å². The van der Waals surface area contributed by atoms with Gasteiger partial charge in [0, 0.05) is 49.0 Å².